The smallest absolute Gasteiger partial charge is 0.284 e. The van der Waals surface area contributed by atoms with Gasteiger partial charge in [0.05, 0.1) is 5.69 Å². The van der Waals surface area contributed by atoms with E-state index in [4.69, 9.17) is 0 Å². The summed E-state index contributed by atoms with van der Waals surface area (Å²) in [7, 11) is 0. The van der Waals surface area contributed by atoms with Crippen molar-refractivity contribution in [2.45, 2.75) is 33.6 Å². The number of pyridine rings is 1. The van der Waals surface area contributed by atoms with E-state index < -0.39 is 5.56 Å². The van der Waals surface area contributed by atoms with Crippen LogP contribution in [-0.2, 0) is 6.42 Å². The molecule has 5 nitrogen and oxygen atoms in total. The molecule has 0 fully saturated rings. The normalized spacial score (nSPS) is 11.5. The van der Waals surface area contributed by atoms with E-state index in [1.54, 1.807) is 0 Å². The Morgan fingerprint density at radius 2 is 1.83 bits per heavy atom. The molecule has 0 saturated carbocycles. The van der Waals surface area contributed by atoms with Crippen molar-refractivity contribution in [1.29, 1.82) is 0 Å². The van der Waals surface area contributed by atoms with Gasteiger partial charge in [0.25, 0.3) is 5.56 Å². The highest BCUT2D eigenvalue weighted by Gasteiger charge is 2.17. The van der Waals surface area contributed by atoms with Crippen molar-refractivity contribution in [3.8, 4) is 5.69 Å². The van der Waals surface area contributed by atoms with E-state index >= 15 is 0 Å². The summed E-state index contributed by atoms with van der Waals surface area (Å²) in [5.74, 6) is 0.0902. The fraction of sp³-hybridized carbons (Fsp3) is 0.333. The van der Waals surface area contributed by atoms with Crippen LogP contribution in [0.1, 0.15) is 31.5 Å². The summed E-state index contributed by atoms with van der Waals surface area (Å²) in [6.07, 6.45) is 1.52. The van der Waals surface area contributed by atoms with Gasteiger partial charge in [-0.1, -0.05) is 13.8 Å². The van der Waals surface area contributed by atoms with Crippen LogP contribution >= 0.6 is 0 Å². The zero-order valence-corrected chi connectivity index (χ0v) is 13.9. The predicted octanol–water partition coefficient (Wildman–Crippen LogP) is 3.04. The Balaban J connectivity index is 2.18. The van der Waals surface area contributed by atoms with Gasteiger partial charge in [-0.3, -0.25) is 14.7 Å². The molecule has 3 aromatic rings. The molecule has 1 aromatic carbocycles. The van der Waals surface area contributed by atoms with Gasteiger partial charge in [-0.2, -0.15) is 0 Å². The third-order valence-corrected chi connectivity index (χ3v) is 4.21. The van der Waals surface area contributed by atoms with Gasteiger partial charge in [0.15, 0.2) is 5.43 Å². The van der Waals surface area contributed by atoms with E-state index in [-0.39, 0.29) is 16.6 Å². The molecule has 0 spiro atoms. The number of benzene rings is 1. The lowest BCUT2D eigenvalue weighted by Gasteiger charge is -2.07. The molecular weight excluding hydrogens is 309 g/mol. The molecule has 2 aromatic heterocycles. The first kappa shape index (κ1) is 16.2. The lowest BCUT2D eigenvalue weighted by atomic mass is 10.0. The second-order valence-electron chi connectivity index (χ2n) is 6.47. The highest BCUT2D eigenvalue weighted by atomic mass is 19.1. The number of aromatic nitrogens is 3. The van der Waals surface area contributed by atoms with Gasteiger partial charge in [0, 0.05) is 11.3 Å². The Kier molecular flexibility index (Phi) is 4.13. The highest BCUT2D eigenvalue weighted by molar-refractivity contribution is 5.75. The fourth-order valence-corrected chi connectivity index (χ4v) is 2.83. The van der Waals surface area contributed by atoms with Crippen LogP contribution < -0.4 is 11.0 Å². The summed E-state index contributed by atoms with van der Waals surface area (Å²) >= 11 is 0. The van der Waals surface area contributed by atoms with Gasteiger partial charge in [0.2, 0.25) is 0 Å². The number of fused-ring (bicyclic) bond motifs is 1. The number of hydrogen-bond donors (Lipinski definition) is 2. The van der Waals surface area contributed by atoms with Crippen LogP contribution in [-0.4, -0.2) is 14.8 Å². The fourth-order valence-electron chi connectivity index (χ4n) is 2.83. The molecular formula is C18H20FN3O2. The van der Waals surface area contributed by atoms with Gasteiger partial charge < -0.3 is 4.98 Å². The van der Waals surface area contributed by atoms with Crippen LogP contribution in [0.15, 0.2) is 33.9 Å². The van der Waals surface area contributed by atoms with E-state index in [1.165, 1.54) is 28.9 Å². The molecule has 0 aliphatic carbocycles. The predicted molar refractivity (Wildman–Crippen MR) is 92.4 cm³/mol. The Bertz CT molecular complexity index is 994. The maximum Gasteiger partial charge on any atom is 0.284 e. The maximum atomic E-state index is 13.1. The second kappa shape index (κ2) is 6.11. The summed E-state index contributed by atoms with van der Waals surface area (Å²) in [6.45, 7) is 6.03. The van der Waals surface area contributed by atoms with Crippen molar-refractivity contribution in [3.63, 3.8) is 0 Å². The Morgan fingerprint density at radius 3 is 2.46 bits per heavy atom. The zero-order valence-electron chi connectivity index (χ0n) is 13.9. The molecule has 0 aliphatic rings. The first-order valence-electron chi connectivity index (χ1n) is 8.01. The topological polar surface area (TPSA) is 70.7 Å². The Labute approximate surface area is 138 Å². The number of rotatable bonds is 4. The molecule has 0 amide bonds. The number of H-pyrrole nitrogens is 2. The molecule has 0 saturated heterocycles. The van der Waals surface area contributed by atoms with Crippen molar-refractivity contribution >= 4 is 11.0 Å². The van der Waals surface area contributed by atoms with E-state index in [0.29, 0.717) is 29.2 Å². The molecule has 0 aliphatic heterocycles. The number of nitrogens with one attached hydrogen (secondary N) is 2. The molecule has 2 heterocycles. The first-order valence-corrected chi connectivity index (χ1v) is 8.01. The van der Waals surface area contributed by atoms with Crippen molar-refractivity contribution in [3.05, 3.63) is 61.9 Å². The van der Waals surface area contributed by atoms with Crippen molar-refractivity contribution in [2.24, 2.45) is 5.92 Å². The summed E-state index contributed by atoms with van der Waals surface area (Å²) in [5, 5.41) is 3.01. The molecule has 0 unspecified atom stereocenters. The number of nitrogens with zero attached hydrogens (tertiary/aromatic N) is 1. The molecule has 0 bridgehead atoms. The second-order valence-corrected chi connectivity index (χ2v) is 6.47. The van der Waals surface area contributed by atoms with Crippen LogP contribution in [0.5, 0.6) is 0 Å². The van der Waals surface area contributed by atoms with Crippen LogP contribution in [0.4, 0.5) is 4.39 Å². The summed E-state index contributed by atoms with van der Waals surface area (Å²) in [4.78, 5) is 28.5. The van der Waals surface area contributed by atoms with Crippen LogP contribution in [0.3, 0.4) is 0 Å². The van der Waals surface area contributed by atoms with Crippen molar-refractivity contribution in [2.75, 3.05) is 0 Å². The molecule has 126 valence electrons. The molecule has 6 heteroatoms. The highest BCUT2D eigenvalue weighted by Crippen LogP contribution is 2.13. The lowest BCUT2D eigenvalue weighted by molar-refractivity contribution is 0.584. The average molecular weight is 329 g/mol. The van der Waals surface area contributed by atoms with E-state index in [2.05, 4.69) is 23.9 Å². The largest absolute Gasteiger partial charge is 0.343 e. The van der Waals surface area contributed by atoms with Gasteiger partial charge in [-0.25, -0.2) is 9.07 Å². The van der Waals surface area contributed by atoms with E-state index in [1.807, 2.05) is 6.92 Å². The molecule has 0 atom stereocenters. The number of hydrogen-bond acceptors (Lipinski definition) is 2. The minimum absolute atomic E-state index is 0.115. The van der Waals surface area contributed by atoms with Crippen molar-refractivity contribution in [1.82, 2.24) is 14.8 Å². The number of aromatic amines is 2. The number of aryl methyl sites for hydroxylation is 1. The monoisotopic (exact) mass is 329 g/mol. The van der Waals surface area contributed by atoms with Crippen LogP contribution in [0, 0.1) is 18.7 Å². The van der Waals surface area contributed by atoms with Crippen LogP contribution in [0.25, 0.3) is 16.7 Å². The standard InChI is InChI=1S/C18H20FN3O2/c1-10(2)4-9-14-11(3)20-17-15(16(14)23)18(24)22(21-17)13-7-5-12(19)6-8-13/h5-8,10H,4,9H2,1-3H3,(H2,20,21,23). The summed E-state index contributed by atoms with van der Waals surface area (Å²) < 4.78 is 14.3. The zero-order chi connectivity index (χ0) is 17.4. The molecule has 3 rings (SSSR count). The molecule has 24 heavy (non-hydrogen) atoms. The minimum atomic E-state index is -0.427. The third kappa shape index (κ3) is 2.79. The first-order chi connectivity index (χ1) is 11.4. The maximum absolute atomic E-state index is 13.1. The number of halogens is 1. The Hall–Kier alpha value is -2.63. The van der Waals surface area contributed by atoms with Gasteiger partial charge in [-0.05, 0) is 49.9 Å². The minimum Gasteiger partial charge on any atom is -0.343 e. The average Bonchev–Trinajstić information content (AvgIpc) is 2.84. The quantitative estimate of drug-likeness (QED) is 0.772. The van der Waals surface area contributed by atoms with E-state index in [9.17, 15) is 14.0 Å². The molecule has 2 N–H and O–H groups in total. The summed E-state index contributed by atoms with van der Waals surface area (Å²) in [6, 6.07) is 5.52. The molecule has 0 radical (unpaired) electrons. The van der Waals surface area contributed by atoms with Gasteiger partial charge >= 0.3 is 0 Å². The van der Waals surface area contributed by atoms with E-state index in [0.717, 1.165) is 12.1 Å². The van der Waals surface area contributed by atoms with Gasteiger partial charge in [0.1, 0.15) is 16.9 Å². The van der Waals surface area contributed by atoms with Crippen LogP contribution in [0.2, 0.25) is 0 Å². The SMILES string of the molecule is Cc1[nH]c2[nH]n(-c3ccc(F)cc3)c(=O)c2c(=O)c1CCC(C)C. The van der Waals surface area contributed by atoms with Crippen molar-refractivity contribution < 1.29 is 4.39 Å². The Morgan fingerprint density at radius 1 is 1.17 bits per heavy atom. The van der Waals surface area contributed by atoms with Gasteiger partial charge in [-0.15, -0.1) is 0 Å². The summed E-state index contributed by atoms with van der Waals surface area (Å²) in [5.41, 5.74) is 1.62. The lowest BCUT2D eigenvalue weighted by Crippen LogP contribution is -2.21. The third-order valence-electron chi connectivity index (χ3n) is 4.21.